The molecule has 0 saturated carbocycles. The number of nitrogens with zero attached hydrogens (tertiary/aromatic N) is 2. The first kappa shape index (κ1) is 22.0. The first-order valence-electron chi connectivity index (χ1n) is 10.9. The zero-order chi connectivity index (χ0) is 22.0. The first-order chi connectivity index (χ1) is 14.9. The van der Waals surface area contributed by atoms with Crippen molar-refractivity contribution >= 4 is 32.3 Å². The second-order valence-electron chi connectivity index (χ2n) is 8.32. The standard InChI is InChI=1S/C23H27N3O3S2/c1-16-7-5-6-14-26(16)31(28,29)18-12-10-17(11-13-18)22(27)25-23-20(15-24)19-8-3-2-4-9-21(19)30-23/h10-13,16H,2-9,14H2,1H3,(H,25,27)/t16-/m1/s1. The van der Waals surface area contributed by atoms with E-state index in [0.29, 0.717) is 22.7 Å². The summed E-state index contributed by atoms with van der Waals surface area (Å²) in [6.45, 7) is 2.47. The second kappa shape index (κ2) is 9.11. The fourth-order valence-electron chi connectivity index (χ4n) is 4.47. The van der Waals surface area contributed by atoms with Crippen LogP contribution in [0.15, 0.2) is 29.2 Å². The molecule has 0 radical (unpaired) electrons. The highest BCUT2D eigenvalue weighted by Gasteiger charge is 2.31. The zero-order valence-electron chi connectivity index (χ0n) is 17.7. The highest BCUT2D eigenvalue weighted by molar-refractivity contribution is 7.89. The summed E-state index contributed by atoms with van der Waals surface area (Å²) in [6, 6.07) is 8.34. The number of anilines is 1. The minimum atomic E-state index is -3.57. The van der Waals surface area contributed by atoms with Gasteiger partial charge >= 0.3 is 0 Å². The fraction of sp³-hybridized carbons (Fsp3) is 0.478. The molecule has 31 heavy (non-hydrogen) atoms. The van der Waals surface area contributed by atoms with Crippen LogP contribution in [0.4, 0.5) is 5.00 Å². The number of nitrogens with one attached hydrogen (secondary N) is 1. The van der Waals surface area contributed by atoms with E-state index in [2.05, 4.69) is 11.4 Å². The Morgan fingerprint density at radius 1 is 1.13 bits per heavy atom. The van der Waals surface area contributed by atoms with Crippen molar-refractivity contribution < 1.29 is 13.2 Å². The maximum Gasteiger partial charge on any atom is 0.256 e. The minimum absolute atomic E-state index is 0.0137. The lowest BCUT2D eigenvalue weighted by atomic mass is 10.1. The number of rotatable bonds is 4. The molecule has 0 spiro atoms. The van der Waals surface area contributed by atoms with Crippen LogP contribution in [0.25, 0.3) is 0 Å². The Labute approximate surface area is 187 Å². The summed E-state index contributed by atoms with van der Waals surface area (Å²) in [6.07, 6.45) is 7.96. The van der Waals surface area contributed by atoms with Crippen molar-refractivity contribution in [2.45, 2.75) is 69.2 Å². The molecule has 1 aliphatic carbocycles. The summed E-state index contributed by atoms with van der Waals surface area (Å²) in [5, 5.41) is 13.1. The van der Waals surface area contributed by atoms with Crippen LogP contribution in [0.1, 0.15) is 71.8 Å². The molecule has 1 fully saturated rings. The Morgan fingerprint density at radius 2 is 1.87 bits per heavy atom. The summed E-state index contributed by atoms with van der Waals surface area (Å²) < 4.78 is 27.5. The largest absolute Gasteiger partial charge is 0.312 e. The van der Waals surface area contributed by atoms with Gasteiger partial charge in [0.05, 0.1) is 10.5 Å². The normalized spacial score (nSPS) is 19.8. The molecule has 8 heteroatoms. The minimum Gasteiger partial charge on any atom is -0.312 e. The third-order valence-corrected chi connectivity index (χ3v) is 9.46. The SMILES string of the molecule is C[C@@H]1CCCCN1S(=O)(=O)c1ccc(C(=O)Nc2sc3c(c2C#N)CCCCC3)cc1. The van der Waals surface area contributed by atoms with Gasteiger partial charge in [-0.3, -0.25) is 4.79 Å². The molecule has 1 N–H and O–H groups in total. The first-order valence-corrected chi connectivity index (χ1v) is 13.2. The molecule has 1 atom stereocenters. The van der Waals surface area contributed by atoms with Gasteiger partial charge in [0.2, 0.25) is 10.0 Å². The van der Waals surface area contributed by atoms with Crippen molar-refractivity contribution in [1.82, 2.24) is 4.31 Å². The molecule has 2 aromatic rings. The molecule has 6 nitrogen and oxygen atoms in total. The van der Waals surface area contributed by atoms with E-state index >= 15 is 0 Å². The van der Waals surface area contributed by atoms with Gasteiger partial charge in [-0.05, 0) is 75.3 Å². The predicted octanol–water partition coefficient (Wildman–Crippen LogP) is 4.70. The van der Waals surface area contributed by atoms with Crippen LogP contribution >= 0.6 is 11.3 Å². The van der Waals surface area contributed by atoms with E-state index in [4.69, 9.17) is 0 Å². The van der Waals surface area contributed by atoms with Gasteiger partial charge in [-0.2, -0.15) is 9.57 Å². The van der Waals surface area contributed by atoms with Crippen molar-refractivity contribution in [2.75, 3.05) is 11.9 Å². The number of sulfonamides is 1. The number of carbonyl (C=O) groups is 1. The number of hydrogen-bond acceptors (Lipinski definition) is 5. The molecule has 0 bridgehead atoms. The highest BCUT2D eigenvalue weighted by Crippen LogP contribution is 2.37. The van der Waals surface area contributed by atoms with Crippen molar-refractivity contribution in [3.8, 4) is 6.07 Å². The number of fused-ring (bicyclic) bond motifs is 1. The van der Waals surface area contributed by atoms with Gasteiger partial charge in [-0.25, -0.2) is 8.42 Å². The topological polar surface area (TPSA) is 90.3 Å². The van der Waals surface area contributed by atoms with Gasteiger partial charge in [0.1, 0.15) is 11.1 Å². The summed E-state index contributed by atoms with van der Waals surface area (Å²) in [4.78, 5) is 14.2. The van der Waals surface area contributed by atoms with Gasteiger partial charge in [0, 0.05) is 23.0 Å². The summed E-state index contributed by atoms with van der Waals surface area (Å²) in [5.41, 5.74) is 2.03. The fourth-order valence-corrected chi connectivity index (χ4v) is 7.40. The molecule has 1 aliphatic heterocycles. The molecule has 164 valence electrons. The lowest BCUT2D eigenvalue weighted by Gasteiger charge is -2.32. The van der Waals surface area contributed by atoms with E-state index in [1.807, 2.05) is 6.92 Å². The summed E-state index contributed by atoms with van der Waals surface area (Å²) in [5.74, 6) is -0.330. The molecule has 1 amide bonds. The van der Waals surface area contributed by atoms with Crippen LogP contribution in [0, 0.1) is 11.3 Å². The monoisotopic (exact) mass is 457 g/mol. The maximum atomic E-state index is 13.0. The number of amides is 1. The van der Waals surface area contributed by atoms with Crippen molar-refractivity contribution in [2.24, 2.45) is 0 Å². The van der Waals surface area contributed by atoms with E-state index in [1.165, 1.54) is 34.8 Å². The zero-order valence-corrected chi connectivity index (χ0v) is 19.3. The second-order valence-corrected chi connectivity index (χ2v) is 11.3. The molecule has 2 aliphatic rings. The average molecular weight is 458 g/mol. The van der Waals surface area contributed by atoms with E-state index in [1.54, 1.807) is 16.4 Å². The van der Waals surface area contributed by atoms with Gasteiger partial charge in [0.15, 0.2) is 0 Å². The van der Waals surface area contributed by atoms with Crippen molar-refractivity contribution in [3.63, 3.8) is 0 Å². The van der Waals surface area contributed by atoms with Crippen molar-refractivity contribution in [1.29, 1.82) is 5.26 Å². The molecule has 1 saturated heterocycles. The highest BCUT2D eigenvalue weighted by atomic mass is 32.2. The Bertz CT molecular complexity index is 1110. The third-order valence-electron chi connectivity index (χ3n) is 6.23. The van der Waals surface area contributed by atoms with Gasteiger partial charge in [-0.1, -0.05) is 12.8 Å². The third kappa shape index (κ3) is 4.40. The number of piperidine rings is 1. The van der Waals surface area contributed by atoms with Crippen LogP contribution in [0.3, 0.4) is 0 Å². The molecule has 4 rings (SSSR count). The Morgan fingerprint density at radius 3 is 2.58 bits per heavy atom. The van der Waals surface area contributed by atoms with Crippen molar-refractivity contribution in [3.05, 3.63) is 45.8 Å². The number of nitriles is 1. The Balaban J connectivity index is 1.53. The number of hydrogen-bond donors (Lipinski definition) is 1. The number of carbonyl (C=O) groups excluding carboxylic acids is 1. The van der Waals surface area contributed by atoms with E-state index < -0.39 is 10.0 Å². The summed E-state index contributed by atoms with van der Waals surface area (Å²) >= 11 is 1.49. The summed E-state index contributed by atoms with van der Waals surface area (Å²) in [7, 11) is -3.57. The van der Waals surface area contributed by atoms with Crippen LogP contribution in [0.2, 0.25) is 0 Å². The number of benzene rings is 1. The maximum absolute atomic E-state index is 13.0. The van der Waals surface area contributed by atoms with Gasteiger partial charge in [-0.15, -0.1) is 11.3 Å². The number of aryl methyl sites for hydroxylation is 1. The molecule has 0 unspecified atom stereocenters. The predicted molar refractivity (Wildman–Crippen MR) is 122 cm³/mol. The van der Waals surface area contributed by atoms with E-state index in [9.17, 15) is 18.5 Å². The molecule has 1 aromatic carbocycles. The smallest absolute Gasteiger partial charge is 0.256 e. The van der Waals surface area contributed by atoms with Gasteiger partial charge < -0.3 is 5.32 Å². The van der Waals surface area contributed by atoms with Gasteiger partial charge in [0.25, 0.3) is 5.91 Å². The van der Waals surface area contributed by atoms with E-state index in [0.717, 1.165) is 50.5 Å². The average Bonchev–Trinajstić information content (AvgIpc) is 2.92. The van der Waals surface area contributed by atoms with Crippen LogP contribution in [-0.2, 0) is 22.9 Å². The molecule has 1 aromatic heterocycles. The molecule has 2 heterocycles. The lowest BCUT2D eigenvalue weighted by molar-refractivity contribution is 0.102. The Hall–Kier alpha value is -2.21. The van der Waals surface area contributed by atoms with Crippen LogP contribution in [0.5, 0.6) is 0 Å². The molecular formula is C23H27N3O3S2. The number of thiophene rings is 1. The Kier molecular flexibility index (Phi) is 6.47. The van der Waals surface area contributed by atoms with Crippen LogP contribution in [-0.4, -0.2) is 31.2 Å². The lowest BCUT2D eigenvalue weighted by Crippen LogP contribution is -2.41. The van der Waals surface area contributed by atoms with E-state index in [-0.39, 0.29) is 16.8 Å². The van der Waals surface area contributed by atoms with Crippen LogP contribution < -0.4 is 5.32 Å². The quantitative estimate of drug-likeness (QED) is 0.674. The molecular weight excluding hydrogens is 430 g/mol.